The zero-order valence-corrected chi connectivity index (χ0v) is 16.7. The van der Waals surface area contributed by atoms with E-state index in [-0.39, 0.29) is 0 Å². The van der Waals surface area contributed by atoms with Crippen molar-refractivity contribution >= 4 is 17.5 Å². The number of anilines is 3. The van der Waals surface area contributed by atoms with Gasteiger partial charge < -0.3 is 24.4 Å². The van der Waals surface area contributed by atoms with Gasteiger partial charge in [-0.25, -0.2) is 0 Å². The topological polar surface area (TPSA) is 81.6 Å². The molecule has 8 nitrogen and oxygen atoms in total. The first-order chi connectivity index (χ1) is 14.2. The van der Waals surface area contributed by atoms with Crippen LogP contribution in [0.1, 0.15) is 11.1 Å². The smallest absolute Gasteiger partial charge is 0.247 e. The molecule has 8 heteroatoms. The van der Waals surface area contributed by atoms with Crippen LogP contribution in [-0.4, -0.2) is 43.1 Å². The van der Waals surface area contributed by atoms with Crippen LogP contribution in [0.5, 0.6) is 17.2 Å². The highest BCUT2D eigenvalue weighted by Gasteiger charge is 2.22. The van der Waals surface area contributed by atoms with Crippen molar-refractivity contribution in [3.05, 3.63) is 53.7 Å². The number of ether oxygens (including phenoxy) is 3. The molecule has 29 heavy (non-hydrogen) atoms. The summed E-state index contributed by atoms with van der Waals surface area (Å²) in [5.41, 5.74) is 3.23. The van der Waals surface area contributed by atoms with E-state index in [1.165, 1.54) is 11.1 Å². The molecule has 1 aliphatic heterocycles. The number of benzene rings is 2. The van der Waals surface area contributed by atoms with Gasteiger partial charge in [0.15, 0.2) is 17.3 Å². The van der Waals surface area contributed by atoms with E-state index in [0.29, 0.717) is 18.3 Å². The van der Waals surface area contributed by atoms with Crippen molar-refractivity contribution in [1.82, 2.24) is 15.2 Å². The summed E-state index contributed by atoms with van der Waals surface area (Å²) < 4.78 is 16.2. The van der Waals surface area contributed by atoms with E-state index in [9.17, 15) is 0 Å². The van der Waals surface area contributed by atoms with E-state index in [2.05, 4.69) is 25.4 Å². The molecule has 1 aromatic heterocycles. The van der Waals surface area contributed by atoms with Gasteiger partial charge in [0.2, 0.25) is 5.95 Å². The lowest BCUT2D eigenvalue weighted by Crippen LogP contribution is -2.32. The Kier molecular flexibility index (Phi) is 5.33. The summed E-state index contributed by atoms with van der Waals surface area (Å²) in [7, 11) is 4.93. The Balaban J connectivity index is 1.56. The molecular weight excluding hydrogens is 370 g/mol. The second-order valence-electron chi connectivity index (χ2n) is 6.61. The van der Waals surface area contributed by atoms with E-state index in [1.54, 1.807) is 27.5 Å². The maximum atomic E-state index is 5.44. The van der Waals surface area contributed by atoms with Crippen LogP contribution < -0.4 is 24.4 Å². The van der Waals surface area contributed by atoms with E-state index in [0.717, 1.165) is 35.9 Å². The number of rotatable bonds is 6. The molecule has 2 aromatic carbocycles. The van der Waals surface area contributed by atoms with Crippen LogP contribution in [0.2, 0.25) is 0 Å². The van der Waals surface area contributed by atoms with Gasteiger partial charge in [0.05, 0.1) is 33.2 Å². The molecule has 150 valence electrons. The van der Waals surface area contributed by atoms with Gasteiger partial charge >= 0.3 is 0 Å². The monoisotopic (exact) mass is 393 g/mol. The van der Waals surface area contributed by atoms with Crippen molar-refractivity contribution in [3.8, 4) is 17.2 Å². The Morgan fingerprint density at radius 1 is 0.931 bits per heavy atom. The van der Waals surface area contributed by atoms with Gasteiger partial charge in [0, 0.05) is 13.1 Å². The highest BCUT2D eigenvalue weighted by molar-refractivity contribution is 5.64. The molecule has 0 amide bonds. The van der Waals surface area contributed by atoms with Gasteiger partial charge in [-0.15, -0.1) is 5.10 Å². The van der Waals surface area contributed by atoms with E-state index < -0.39 is 0 Å². The van der Waals surface area contributed by atoms with Gasteiger partial charge in [0.1, 0.15) is 5.75 Å². The fraction of sp³-hybridized carbons (Fsp3) is 0.286. The van der Waals surface area contributed by atoms with Gasteiger partial charge in [-0.2, -0.15) is 10.1 Å². The zero-order valence-electron chi connectivity index (χ0n) is 16.7. The first-order valence-electron chi connectivity index (χ1n) is 9.30. The minimum Gasteiger partial charge on any atom is -0.495 e. The third-order valence-electron chi connectivity index (χ3n) is 4.92. The fourth-order valence-electron chi connectivity index (χ4n) is 3.43. The van der Waals surface area contributed by atoms with Crippen LogP contribution in [0.3, 0.4) is 0 Å². The lowest BCUT2D eigenvalue weighted by Gasteiger charge is -2.29. The third kappa shape index (κ3) is 3.87. The van der Waals surface area contributed by atoms with Crippen molar-refractivity contribution in [3.63, 3.8) is 0 Å². The largest absolute Gasteiger partial charge is 0.495 e. The zero-order chi connectivity index (χ0) is 20.2. The molecule has 0 bridgehead atoms. The molecule has 0 aliphatic carbocycles. The molecule has 0 atom stereocenters. The number of fused-ring (bicyclic) bond motifs is 1. The Bertz CT molecular complexity index is 1010. The number of nitrogens with zero attached hydrogens (tertiary/aromatic N) is 4. The van der Waals surface area contributed by atoms with Crippen molar-refractivity contribution < 1.29 is 14.2 Å². The summed E-state index contributed by atoms with van der Waals surface area (Å²) in [6.45, 7) is 1.47. The Labute approximate surface area is 169 Å². The quantitative estimate of drug-likeness (QED) is 0.684. The average Bonchev–Trinajstić information content (AvgIpc) is 2.78. The van der Waals surface area contributed by atoms with Crippen molar-refractivity contribution in [2.24, 2.45) is 0 Å². The number of para-hydroxylation sites is 2. The molecule has 0 fully saturated rings. The van der Waals surface area contributed by atoms with Gasteiger partial charge in [0.25, 0.3) is 0 Å². The number of nitrogens with one attached hydrogen (secondary N) is 1. The summed E-state index contributed by atoms with van der Waals surface area (Å²) >= 11 is 0. The number of aromatic nitrogens is 3. The molecule has 0 unspecified atom stereocenters. The second-order valence-corrected chi connectivity index (χ2v) is 6.61. The van der Waals surface area contributed by atoms with Gasteiger partial charge in [-0.05, 0) is 41.8 Å². The molecule has 2 heterocycles. The Morgan fingerprint density at radius 3 is 2.41 bits per heavy atom. The fourth-order valence-corrected chi connectivity index (χ4v) is 3.43. The maximum absolute atomic E-state index is 5.44. The van der Waals surface area contributed by atoms with Gasteiger partial charge in [-0.1, -0.05) is 12.1 Å². The Morgan fingerprint density at radius 2 is 1.66 bits per heavy atom. The molecular formula is C21H23N5O3. The Hall–Kier alpha value is -3.55. The molecule has 1 aliphatic rings. The molecule has 0 saturated heterocycles. The van der Waals surface area contributed by atoms with Crippen LogP contribution in [0.4, 0.5) is 17.5 Å². The van der Waals surface area contributed by atoms with Crippen LogP contribution in [0.15, 0.2) is 42.6 Å². The van der Waals surface area contributed by atoms with E-state index in [4.69, 9.17) is 14.2 Å². The standard InChI is InChI=1S/C21H23N5O3/c1-27-17-7-5-4-6-16(17)23-20-12-22-25-21(24-20)26-9-8-14-10-18(28-2)19(29-3)11-15(14)13-26/h4-7,10-12H,8-9,13H2,1-3H3,(H,23,24,25). The van der Waals surface area contributed by atoms with Crippen LogP contribution in [0, 0.1) is 0 Å². The molecule has 0 spiro atoms. The minimum atomic E-state index is 0.574. The summed E-state index contributed by atoms with van der Waals surface area (Å²) in [4.78, 5) is 6.75. The van der Waals surface area contributed by atoms with Crippen LogP contribution in [-0.2, 0) is 13.0 Å². The summed E-state index contributed by atoms with van der Waals surface area (Å²) in [5, 5.41) is 11.6. The second kappa shape index (κ2) is 8.22. The van der Waals surface area contributed by atoms with Crippen LogP contribution >= 0.6 is 0 Å². The summed E-state index contributed by atoms with van der Waals surface area (Å²) in [6, 6.07) is 11.7. The SMILES string of the molecule is COc1ccccc1Nc1cnnc(N2CCc3cc(OC)c(OC)cc3C2)n1. The molecule has 1 N–H and O–H groups in total. The summed E-state index contributed by atoms with van der Waals surface area (Å²) in [6.07, 6.45) is 2.46. The highest BCUT2D eigenvalue weighted by atomic mass is 16.5. The average molecular weight is 393 g/mol. The molecule has 0 saturated carbocycles. The first-order valence-corrected chi connectivity index (χ1v) is 9.30. The molecule has 4 rings (SSSR count). The van der Waals surface area contributed by atoms with Crippen LogP contribution in [0.25, 0.3) is 0 Å². The minimum absolute atomic E-state index is 0.574. The van der Waals surface area contributed by atoms with Gasteiger partial charge in [-0.3, -0.25) is 0 Å². The number of hydrogen-bond acceptors (Lipinski definition) is 8. The molecule has 0 radical (unpaired) electrons. The lowest BCUT2D eigenvalue weighted by atomic mass is 9.99. The predicted molar refractivity (Wildman–Crippen MR) is 110 cm³/mol. The number of methoxy groups -OCH3 is 3. The number of hydrogen-bond donors (Lipinski definition) is 1. The summed E-state index contributed by atoms with van der Waals surface area (Å²) in [5.74, 6) is 3.39. The maximum Gasteiger partial charge on any atom is 0.247 e. The van der Waals surface area contributed by atoms with E-state index in [1.807, 2.05) is 36.4 Å². The van der Waals surface area contributed by atoms with Crippen molar-refractivity contribution in [2.45, 2.75) is 13.0 Å². The van der Waals surface area contributed by atoms with Crippen molar-refractivity contribution in [2.75, 3.05) is 38.1 Å². The normalized spacial score (nSPS) is 12.9. The van der Waals surface area contributed by atoms with Crippen molar-refractivity contribution in [1.29, 1.82) is 0 Å². The predicted octanol–water partition coefficient (Wildman–Crippen LogP) is 3.20. The first kappa shape index (κ1) is 18.8. The lowest BCUT2D eigenvalue weighted by molar-refractivity contribution is 0.353. The van der Waals surface area contributed by atoms with E-state index >= 15 is 0 Å². The third-order valence-corrected chi connectivity index (χ3v) is 4.92. The highest BCUT2D eigenvalue weighted by Crippen LogP contribution is 2.34. The molecule has 3 aromatic rings.